The Bertz CT molecular complexity index is 239. The van der Waals surface area contributed by atoms with E-state index in [1.54, 1.807) is 18.2 Å². The molecule has 0 N–H and O–H groups in total. The van der Waals surface area contributed by atoms with Crippen LogP contribution in [0.15, 0.2) is 30.3 Å². The molecule has 0 aliphatic carbocycles. The summed E-state index contributed by atoms with van der Waals surface area (Å²) in [4.78, 5) is 0. The second kappa shape index (κ2) is 2.25. The van der Waals surface area contributed by atoms with Gasteiger partial charge >= 0.3 is 64.6 Å². The van der Waals surface area contributed by atoms with Gasteiger partial charge in [-0.2, -0.15) is 0 Å². The molecule has 0 saturated heterocycles. The van der Waals surface area contributed by atoms with Crippen LogP contribution in [0.2, 0.25) is 0 Å². The zero-order valence-electron chi connectivity index (χ0n) is 6.59. The quantitative estimate of drug-likeness (QED) is 0.577. The van der Waals surface area contributed by atoms with Crippen molar-refractivity contribution in [3.63, 3.8) is 0 Å². The summed E-state index contributed by atoms with van der Waals surface area (Å²) in [7, 11) is -4.49. The summed E-state index contributed by atoms with van der Waals surface area (Å²) in [5.74, 6) is 0. The van der Waals surface area contributed by atoms with E-state index in [2.05, 4.69) is 0 Å². The molecule has 0 heterocycles. The normalized spacial score (nSPS) is 15.5. The molecule has 0 aliphatic heterocycles. The third-order valence-corrected chi connectivity index (χ3v) is 3.19. The standard InChI is InChI=1S/C8H11F2P/c1-11(2,9,10)8-6-4-3-5-7-8/h3-7H,1-2H3. The van der Waals surface area contributed by atoms with Gasteiger partial charge in [0, 0.05) is 0 Å². The molecule has 0 radical (unpaired) electrons. The van der Waals surface area contributed by atoms with Gasteiger partial charge < -0.3 is 0 Å². The van der Waals surface area contributed by atoms with Gasteiger partial charge in [0.25, 0.3) is 0 Å². The van der Waals surface area contributed by atoms with Gasteiger partial charge in [-0.15, -0.1) is 0 Å². The number of benzene rings is 1. The first-order valence-corrected chi connectivity index (χ1v) is 6.28. The summed E-state index contributed by atoms with van der Waals surface area (Å²) in [6.45, 7) is 2.09. The summed E-state index contributed by atoms with van der Waals surface area (Å²) in [6, 6.07) is 7.99. The van der Waals surface area contributed by atoms with Gasteiger partial charge in [0.15, 0.2) is 0 Å². The van der Waals surface area contributed by atoms with E-state index in [0.717, 1.165) is 13.3 Å². The number of rotatable bonds is 1. The molecule has 0 unspecified atom stereocenters. The van der Waals surface area contributed by atoms with Crippen molar-refractivity contribution in [2.45, 2.75) is 0 Å². The van der Waals surface area contributed by atoms with Gasteiger partial charge in [-0.05, 0) is 0 Å². The summed E-state index contributed by atoms with van der Waals surface area (Å²) < 4.78 is 26.5. The molecular weight excluding hydrogens is 165 g/mol. The average molecular weight is 176 g/mol. The van der Waals surface area contributed by atoms with Gasteiger partial charge in [0.05, 0.1) is 0 Å². The fourth-order valence-electron chi connectivity index (χ4n) is 0.839. The molecule has 0 amide bonds. The molecule has 0 aliphatic rings. The van der Waals surface area contributed by atoms with Crippen LogP contribution in [0.25, 0.3) is 0 Å². The second-order valence-corrected chi connectivity index (χ2v) is 7.26. The third kappa shape index (κ3) is 2.23. The van der Waals surface area contributed by atoms with E-state index >= 15 is 0 Å². The van der Waals surface area contributed by atoms with Crippen LogP contribution in [0.1, 0.15) is 0 Å². The predicted octanol–water partition coefficient (Wildman–Crippen LogP) is 2.89. The molecule has 0 fully saturated rings. The van der Waals surface area contributed by atoms with Crippen molar-refractivity contribution in [1.82, 2.24) is 0 Å². The van der Waals surface area contributed by atoms with Crippen LogP contribution >= 0.6 is 7.22 Å². The first-order chi connectivity index (χ1) is 4.86. The molecule has 0 nitrogen and oxygen atoms in total. The molecule has 1 rings (SSSR count). The van der Waals surface area contributed by atoms with Crippen LogP contribution in [0, 0.1) is 0 Å². The Morgan fingerprint density at radius 2 is 1.45 bits per heavy atom. The van der Waals surface area contributed by atoms with E-state index < -0.39 is 7.22 Å². The Morgan fingerprint density at radius 3 is 1.73 bits per heavy atom. The molecule has 0 aromatic heterocycles. The molecule has 0 bridgehead atoms. The number of hydrogen-bond donors (Lipinski definition) is 0. The van der Waals surface area contributed by atoms with Crippen molar-refractivity contribution in [2.24, 2.45) is 0 Å². The molecule has 0 spiro atoms. The number of halogens is 2. The van der Waals surface area contributed by atoms with Gasteiger partial charge in [-0.1, -0.05) is 0 Å². The Morgan fingerprint density at radius 1 is 1.00 bits per heavy atom. The van der Waals surface area contributed by atoms with Gasteiger partial charge in [0.2, 0.25) is 0 Å². The first kappa shape index (κ1) is 8.61. The topological polar surface area (TPSA) is 0 Å². The SMILES string of the molecule is CP(C)(F)(F)c1ccccc1. The zero-order valence-corrected chi connectivity index (χ0v) is 7.48. The van der Waals surface area contributed by atoms with Gasteiger partial charge in [-0.3, -0.25) is 0 Å². The van der Waals surface area contributed by atoms with E-state index in [4.69, 9.17) is 0 Å². The van der Waals surface area contributed by atoms with Crippen molar-refractivity contribution >= 4 is 12.5 Å². The van der Waals surface area contributed by atoms with Crippen molar-refractivity contribution < 1.29 is 8.39 Å². The Labute approximate surface area is 65.4 Å². The Balaban J connectivity index is 3.14. The van der Waals surface area contributed by atoms with E-state index in [-0.39, 0.29) is 5.30 Å². The predicted molar refractivity (Wildman–Crippen MR) is 47.1 cm³/mol. The van der Waals surface area contributed by atoms with E-state index in [1.807, 2.05) is 0 Å². The molecule has 1 aromatic rings. The fourth-order valence-corrected chi connectivity index (χ4v) is 1.83. The van der Waals surface area contributed by atoms with Crippen LogP contribution in [0.3, 0.4) is 0 Å². The van der Waals surface area contributed by atoms with Gasteiger partial charge in [-0.25, -0.2) is 0 Å². The molecule has 0 atom stereocenters. The molecule has 1 aromatic carbocycles. The average Bonchev–Trinajstić information content (AvgIpc) is 1.86. The summed E-state index contributed by atoms with van der Waals surface area (Å²) in [5, 5.41) is 0.179. The van der Waals surface area contributed by atoms with Gasteiger partial charge in [0.1, 0.15) is 0 Å². The number of hydrogen-bond acceptors (Lipinski definition) is 0. The maximum atomic E-state index is 13.3. The molecular formula is C8H11F2P. The molecule has 62 valence electrons. The van der Waals surface area contributed by atoms with Crippen LogP contribution < -0.4 is 5.30 Å². The minimum atomic E-state index is -4.49. The van der Waals surface area contributed by atoms with E-state index in [1.165, 1.54) is 12.1 Å². The Kier molecular flexibility index (Phi) is 1.76. The Hall–Kier alpha value is -0.490. The van der Waals surface area contributed by atoms with E-state index in [9.17, 15) is 8.39 Å². The molecule has 11 heavy (non-hydrogen) atoms. The summed E-state index contributed by atoms with van der Waals surface area (Å²) >= 11 is 0. The van der Waals surface area contributed by atoms with Crippen LogP contribution in [0.5, 0.6) is 0 Å². The monoisotopic (exact) mass is 176 g/mol. The van der Waals surface area contributed by atoms with Crippen molar-refractivity contribution in [3.05, 3.63) is 30.3 Å². The summed E-state index contributed by atoms with van der Waals surface area (Å²) in [6.07, 6.45) is 0. The maximum absolute atomic E-state index is 13.3. The van der Waals surface area contributed by atoms with Crippen molar-refractivity contribution in [1.29, 1.82) is 0 Å². The van der Waals surface area contributed by atoms with Crippen LogP contribution in [-0.2, 0) is 0 Å². The van der Waals surface area contributed by atoms with E-state index in [0.29, 0.717) is 0 Å². The van der Waals surface area contributed by atoms with Crippen molar-refractivity contribution in [2.75, 3.05) is 13.3 Å². The second-order valence-electron chi connectivity index (χ2n) is 3.14. The van der Waals surface area contributed by atoms with Crippen LogP contribution in [0.4, 0.5) is 8.39 Å². The summed E-state index contributed by atoms with van der Waals surface area (Å²) in [5.41, 5.74) is 0. The minimum absolute atomic E-state index is 0.179. The van der Waals surface area contributed by atoms with Crippen molar-refractivity contribution in [3.8, 4) is 0 Å². The fraction of sp³-hybridized carbons (Fsp3) is 0.250. The molecule has 3 heteroatoms. The first-order valence-electron chi connectivity index (χ1n) is 3.37. The van der Waals surface area contributed by atoms with Crippen LogP contribution in [-0.4, -0.2) is 13.3 Å². The zero-order chi connectivity index (χ0) is 8.56. The molecule has 0 saturated carbocycles. The third-order valence-electron chi connectivity index (χ3n) is 1.47.